The van der Waals surface area contributed by atoms with E-state index in [1.54, 1.807) is 0 Å². The lowest BCUT2D eigenvalue weighted by molar-refractivity contribution is 0.621. The number of aromatic nitrogens is 2. The molecule has 0 saturated carbocycles. The Hall–Kier alpha value is 0.190. The van der Waals surface area contributed by atoms with Gasteiger partial charge in [-0.2, -0.15) is 5.10 Å². The molecule has 0 spiro atoms. The second-order valence-corrected chi connectivity index (χ2v) is 4.86. The van der Waals surface area contributed by atoms with E-state index in [4.69, 9.17) is 11.6 Å². The molecule has 0 atom stereocenters. The van der Waals surface area contributed by atoms with Crippen LogP contribution < -0.4 is 5.32 Å². The molecule has 0 saturated heterocycles. The van der Waals surface area contributed by atoms with E-state index in [-0.39, 0.29) is 0 Å². The monoisotopic (exact) mass is 341 g/mol. The number of halogens is 2. The van der Waals surface area contributed by atoms with Gasteiger partial charge in [-0.15, -0.1) is 0 Å². The summed E-state index contributed by atoms with van der Waals surface area (Å²) in [6.07, 6.45) is 2.08. The number of alkyl halides is 1. The first-order valence-corrected chi connectivity index (χ1v) is 7.08. The molecule has 1 heterocycles. The maximum absolute atomic E-state index is 6.22. The van der Waals surface area contributed by atoms with E-state index in [0.29, 0.717) is 0 Å². The third kappa shape index (κ3) is 3.60. The maximum atomic E-state index is 6.22. The van der Waals surface area contributed by atoms with Gasteiger partial charge in [0.15, 0.2) is 0 Å². The van der Waals surface area contributed by atoms with Crippen molar-refractivity contribution in [2.24, 2.45) is 7.05 Å². The minimum atomic E-state index is 0.805. The fourth-order valence-electron chi connectivity index (χ4n) is 1.41. The van der Waals surface area contributed by atoms with Gasteiger partial charge in [-0.1, -0.05) is 41.1 Å². The summed E-state index contributed by atoms with van der Waals surface area (Å²) in [6.45, 7) is 3.91. The van der Waals surface area contributed by atoms with Crippen molar-refractivity contribution >= 4 is 34.2 Å². The van der Waals surface area contributed by atoms with Crippen LogP contribution in [0.4, 0.5) is 0 Å². The number of hydrogen-bond acceptors (Lipinski definition) is 2. The Kier molecular flexibility index (Phi) is 5.92. The zero-order chi connectivity index (χ0) is 11.3. The van der Waals surface area contributed by atoms with Crippen LogP contribution in [0.25, 0.3) is 0 Å². The van der Waals surface area contributed by atoms with Crippen molar-refractivity contribution in [1.29, 1.82) is 0 Å². The first-order chi connectivity index (χ1) is 7.20. The highest BCUT2D eigenvalue weighted by atomic mass is 127. The van der Waals surface area contributed by atoms with Crippen LogP contribution in [0.2, 0.25) is 5.02 Å². The van der Waals surface area contributed by atoms with Crippen molar-refractivity contribution in [3.8, 4) is 0 Å². The third-order valence-corrected chi connectivity index (χ3v) is 3.48. The van der Waals surface area contributed by atoms with Gasteiger partial charge in [-0.25, -0.2) is 0 Å². The lowest BCUT2D eigenvalue weighted by Gasteiger charge is -2.04. The molecular formula is C10H17ClIN3. The predicted octanol–water partition coefficient (Wildman–Crippen LogP) is 2.55. The molecule has 0 aromatic carbocycles. The lowest BCUT2D eigenvalue weighted by atomic mass is 10.3. The lowest BCUT2D eigenvalue weighted by Crippen LogP contribution is -2.17. The first kappa shape index (κ1) is 13.3. The van der Waals surface area contributed by atoms with E-state index >= 15 is 0 Å². The number of rotatable bonds is 6. The van der Waals surface area contributed by atoms with Crippen LogP contribution in [0.3, 0.4) is 0 Å². The van der Waals surface area contributed by atoms with E-state index in [9.17, 15) is 0 Å². The molecule has 86 valence electrons. The van der Waals surface area contributed by atoms with Gasteiger partial charge in [0.2, 0.25) is 0 Å². The molecule has 0 amide bonds. The predicted molar refractivity (Wildman–Crippen MR) is 72.8 cm³/mol. The van der Waals surface area contributed by atoms with Crippen molar-refractivity contribution in [1.82, 2.24) is 15.1 Å². The fraction of sp³-hybridized carbons (Fsp3) is 0.700. The molecule has 5 heteroatoms. The van der Waals surface area contributed by atoms with Gasteiger partial charge in [-0.05, 0) is 19.4 Å². The van der Waals surface area contributed by atoms with Gasteiger partial charge in [0, 0.05) is 18.0 Å². The largest absolute Gasteiger partial charge is 0.311 e. The standard InChI is InChI=1S/C10H17ClIN3/c1-3-8-10(11)9(15(2)14-8)7-13-6-4-5-12/h13H,3-7H2,1-2H3. The average Bonchev–Trinajstić information content (AvgIpc) is 2.50. The summed E-state index contributed by atoms with van der Waals surface area (Å²) in [6, 6.07) is 0. The molecule has 15 heavy (non-hydrogen) atoms. The summed E-state index contributed by atoms with van der Waals surface area (Å²) in [4.78, 5) is 0. The Morgan fingerprint density at radius 3 is 2.80 bits per heavy atom. The summed E-state index contributed by atoms with van der Waals surface area (Å²) < 4.78 is 3.06. The van der Waals surface area contributed by atoms with Gasteiger partial charge in [-0.3, -0.25) is 4.68 Å². The molecule has 0 aliphatic rings. The normalized spacial score (nSPS) is 10.9. The average molecular weight is 342 g/mol. The van der Waals surface area contributed by atoms with Crippen molar-refractivity contribution < 1.29 is 0 Å². The number of aryl methyl sites for hydroxylation is 2. The Bertz CT molecular complexity index is 312. The van der Waals surface area contributed by atoms with E-state index in [1.807, 2.05) is 11.7 Å². The van der Waals surface area contributed by atoms with E-state index in [1.165, 1.54) is 10.8 Å². The molecule has 1 aromatic rings. The molecule has 1 aromatic heterocycles. The van der Waals surface area contributed by atoms with E-state index in [0.717, 1.165) is 35.9 Å². The highest BCUT2D eigenvalue weighted by Crippen LogP contribution is 2.20. The molecule has 0 aliphatic heterocycles. The first-order valence-electron chi connectivity index (χ1n) is 5.17. The van der Waals surface area contributed by atoms with Crippen molar-refractivity contribution in [2.45, 2.75) is 26.3 Å². The highest BCUT2D eigenvalue weighted by molar-refractivity contribution is 14.1. The minimum Gasteiger partial charge on any atom is -0.311 e. The van der Waals surface area contributed by atoms with Gasteiger partial charge >= 0.3 is 0 Å². The van der Waals surface area contributed by atoms with Gasteiger partial charge in [0.05, 0.1) is 16.4 Å². The van der Waals surface area contributed by atoms with Crippen molar-refractivity contribution in [3.63, 3.8) is 0 Å². The molecule has 1 N–H and O–H groups in total. The number of nitrogens with zero attached hydrogens (tertiary/aromatic N) is 2. The van der Waals surface area contributed by atoms with Crippen LogP contribution in [0.15, 0.2) is 0 Å². The molecule has 0 unspecified atom stereocenters. The molecule has 1 rings (SSSR count). The molecular weight excluding hydrogens is 324 g/mol. The van der Waals surface area contributed by atoms with Crippen LogP contribution >= 0.6 is 34.2 Å². The third-order valence-electron chi connectivity index (χ3n) is 2.28. The summed E-state index contributed by atoms with van der Waals surface area (Å²) in [5.74, 6) is 0. The molecule has 0 bridgehead atoms. The van der Waals surface area contributed by atoms with Crippen LogP contribution in [-0.2, 0) is 20.0 Å². The summed E-state index contributed by atoms with van der Waals surface area (Å²) in [5.41, 5.74) is 2.08. The molecule has 0 fully saturated rings. The summed E-state index contributed by atoms with van der Waals surface area (Å²) >= 11 is 8.60. The SMILES string of the molecule is CCc1nn(C)c(CNCCCI)c1Cl. The van der Waals surface area contributed by atoms with Gasteiger partial charge < -0.3 is 5.32 Å². The van der Waals surface area contributed by atoms with Crippen molar-refractivity contribution in [2.75, 3.05) is 11.0 Å². The second kappa shape index (κ2) is 6.70. The van der Waals surface area contributed by atoms with Gasteiger partial charge in [0.25, 0.3) is 0 Å². The summed E-state index contributed by atoms with van der Waals surface area (Å²) in [5, 5.41) is 8.56. The molecule has 3 nitrogen and oxygen atoms in total. The zero-order valence-electron chi connectivity index (χ0n) is 9.19. The smallest absolute Gasteiger partial charge is 0.0863 e. The number of hydrogen-bond donors (Lipinski definition) is 1. The van der Waals surface area contributed by atoms with E-state index in [2.05, 4.69) is 39.9 Å². The molecule has 0 aliphatic carbocycles. The Morgan fingerprint density at radius 1 is 1.53 bits per heavy atom. The fourth-order valence-corrected chi connectivity index (χ4v) is 2.15. The van der Waals surface area contributed by atoms with Crippen molar-refractivity contribution in [3.05, 3.63) is 16.4 Å². The molecule has 0 radical (unpaired) electrons. The summed E-state index contributed by atoms with van der Waals surface area (Å²) in [7, 11) is 1.94. The Balaban J connectivity index is 2.56. The second-order valence-electron chi connectivity index (χ2n) is 3.40. The quantitative estimate of drug-likeness (QED) is 0.489. The van der Waals surface area contributed by atoms with Gasteiger partial charge in [0.1, 0.15) is 0 Å². The maximum Gasteiger partial charge on any atom is 0.0863 e. The van der Waals surface area contributed by atoms with Crippen LogP contribution in [0.5, 0.6) is 0 Å². The Morgan fingerprint density at radius 2 is 2.27 bits per heavy atom. The Labute approximate surface area is 110 Å². The topological polar surface area (TPSA) is 29.9 Å². The van der Waals surface area contributed by atoms with Crippen LogP contribution in [0.1, 0.15) is 24.7 Å². The van der Waals surface area contributed by atoms with E-state index < -0.39 is 0 Å². The van der Waals surface area contributed by atoms with Crippen LogP contribution in [0, 0.1) is 0 Å². The zero-order valence-corrected chi connectivity index (χ0v) is 12.1. The number of nitrogens with one attached hydrogen (secondary N) is 1. The minimum absolute atomic E-state index is 0.805. The highest BCUT2D eigenvalue weighted by Gasteiger charge is 2.11. The van der Waals surface area contributed by atoms with Crippen LogP contribution in [-0.4, -0.2) is 20.8 Å².